The normalized spacial score (nSPS) is 20.4. The minimum absolute atomic E-state index is 0.0369. The molecule has 4 heterocycles. The van der Waals surface area contributed by atoms with Crippen molar-refractivity contribution in [2.75, 3.05) is 44.3 Å². The third kappa shape index (κ3) is 3.23. The molecule has 3 aliphatic rings. The van der Waals surface area contributed by atoms with Gasteiger partial charge in [0.15, 0.2) is 0 Å². The van der Waals surface area contributed by atoms with E-state index < -0.39 is 0 Å². The van der Waals surface area contributed by atoms with Crippen molar-refractivity contribution < 1.29 is 9.53 Å². The number of piperidine rings is 1. The highest BCUT2D eigenvalue weighted by Crippen LogP contribution is 2.44. The number of nitrogens with zero attached hydrogens (tertiary/aromatic N) is 3. The highest BCUT2D eigenvalue weighted by molar-refractivity contribution is 5.93. The predicted molar refractivity (Wildman–Crippen MR) is 110 cm³/mol. The van der Waals surface area contributed by atoms with Crippen molar-refractivity contribution in [3.05, 3.63) is 55.9 Å². The fourth-order valence-corrected chi connectivity index (χ4v) is 4.91. The standard InChI is InChI=1S/C21H25N5O4/c27-16-2-1-14(13-22-16)19(29)25-7-5-21(6-8-25)4-3-15-17(21)23-20(24-18(15)28)26-9-11-30-12-10-26/h1-2,13H,3-12H2,(H,22,27)(H,23,24,28). The Bertz CT molecular complexity index is 1060. The lowest BCUT2D eigenvalue weighted by atomic mass is 9.76. The fraction of sp³-hybridized carbons (Fsp3) is 0.524. The topological polar surface area (TPSA) is 111 Å². The summed E-state index contributed by atoms with van der Waals surface area (Å²) in [6.45, 7) is 3.92. The number of likely N-dealkylation sites (tertiary alicyclic amines) is 1. The highest BCUT2D eigenvalue weighted by atomic mass is 16.5. The fourth-order valence-electron chi connectivity index (χ4n) is 4.91. The van der Waals surface area contributed by atoms with E-state index in [9.17, 15) is 14.4 Å². The van der Waals surface area contributed by atoms with Crippen molar-refractivity contribution in [1.82, 2.24) is 19.9 Å². The van der Waals surface area contributed by atoms with Crippen molar-refractivity contribution in [2.45, 2.75) is 31.1 Å². The molecule has 2 N–H and O–H groups in total. The molecule has 5 rings (SSSR count). The zero-order valence-electron chi connectivity index (χ0n) is 16.8. The first-order valence-corrected chi connectivity index (χ1v) is 10.5. The summed E-state index contributed by atoms with van der Waals surface area (Å²) in [6.07, 6.45) is 4.67. The van der Waals surface area contributed by atoms with Crippen LogP contribution in [-0.4, -0.2) is 65.2 Å². The van der Waals surface area contributed by atoms with Crippen molar-refractivity contribution in [2.24, 2.45) is 0 Å². The van der Waals surface area contributed by atoms with E-state index >= 15 is 0 Å². The maximum atomic E-state index is 12.8. The van der Waals surface area contributed by atoms with Crippen LogP contribution < -0.4 is 16.0 Å². The predicted octanol–water partition coefficient (Wildman–Crippen LogP) is 0.415. The molecule has 9 heteroatoms. The minimum atomic E-state index is -0.223. The van der Waals surface area contributed by atoms with Crippen LogP contribution in [0.4, 0.5) is 5.95 Å². The average molecular weight is 411 g/mol. The van der Waals surface area contributed by atoms with E-state index in [2.05, 4.69) is 14.9 Å². The molecule has 0 aromatic carbocycles. The molecule has 0 unspecified atom stereocenters. The monoisotopic (exact) mass is 411 g/mol. The van der Waals surface area contributed by atoms with Crippen LogP contribution in [0.2, 0.25) is 0 Å². The number of amides is 1. The third-order valence-electron chi connectivity index (χ3n) is 6.71. The second-order valence-electron chi connectivity index (χ2n) is 8.33. The number of aromatic amines is 2. The summed E-state index contributed by atoms with van der Waals surface area (Å²) >= 11 is 0. The lowest BCUT2D eigenvalue weighted by Gasteiger charge is -2.39. The van der Waals surface area contributed by atoms with Crippen LogP contribution in [0.25, 0.3) is 0 Å². The van der Waals surface area contributed by atoms with Crippen molar-refractivity contribution in [3.63, 3.8) is 0 Å². The molecule has 158 valence electrons. The van der Waals surface area contributed by atoms with E-state index in [1.807, 2.05) is 4.90 Å². The zero-order valence-corrected chi connectivity index (χ0v) is 16.8. The smallest absolute Gasteiger partial charge is 0.255 e. The number of nitrogens with one attached hydrogen (secondary N) is 2. The van der Waals surface area contributed by atoms with Gasteiger partial charge in [-0.25, -0.2) is 4.98 Å². The van der Waals surface area contributed by atoms with E-state index in [4.69, 9.17) is 9.72 Å². The molecule has 30 heavy (non-hydrogen) atoms. The number of ether oxygens (including phenoxy) is 1. The molecule has 0 saturated carbocycles. The van der Waals surface area contributed by atoms with Crippen molar-refractivity contribution in [3.8, 4) is 0 Å². The molecule has 2 aromatic rings. The number of hydrogen-bond acceptors (Lipinski definition) is 6. The number of carbonyl (C=O) groups is 1. The Morgan fingerprint density at radius 2 is 1.83 bits per heavy atom. The van der Waals surface area contributed by atoms with Gasteiger partial charge >= 0.3 is 0 Å². The summed E-state index contributed by atoms with van der Waals surface area (Å²) in [7, 11) is 0. The molecule has 0 bridgehead atoms. The minimum Gasteiger partial charge on any atom is -0.378 e. The quantitative estimate of drug-likeness (QED) is 0.741. The number of anilines is 1. The molecular formula is C21H25N5O4. The van der Waals surface area contributed by atoms with E-state index in [0.717, 1.165) is 50.0 Å². The van der Waals surface area contributed by atoms with Crippen LogP contribution in [0.15, 0.2) is 27.9 Å². The van der Waals surface area contributed by atoms with Gasteiger partial charge in [0.25, 0.3) is 11.5 Å². The summed E-state index contributed by atoms with van der Waals surface area (Å²) in [4.78, 5) is 51.1. The SMILES string of the molecule is O=C(c1ccc(=O)[nH]c1)N1CCC2(CCc3c2nc(N2CCOCC2)[nH]c3=O)CC1. The lowest BCUT2D eigenvalue weighted by Crippen LogP contribution is -2.45. The Morgan fingerprint density at radius 1 is 1.07 bits per heavy atom. The summed E-state index contributed by atoms with van der Waals surface area (Å²) in [5.74, 6) is 0.558. The molecule has 0 atom stereocenters. The van der Waals surface area contributed by atoms with Crippen molar-refractivity contribution >= 4 is 11.9 Å². The first-order valence-electron chi connectivity index (χ1n) is 10.5. The third-order valence-corrected chi connectivity index (χ3v) is 6.71. The van der Waals surface area contributed by atoms with Gasteiger partial charge in [-0.2, -0.15) is 0 Å². The average Bonchev–Trinajstić information content (AvgIpc) is 3.13. The highest BCUT2D eigenvalue weighted by Gasteiger charge is 2.45. The molecule has 9 nitrogen and oxygen atoms in total. The van der Waals surface area contributed by atoms with Gasteiger partial charge < -0.3 is 19.5 Å². The number of hydrogen-bond donors (Lipinski definition) is 2. The van der Waals surface area contributed by atoms with E-state index in [1.54, 1.807) is 6.07 Å². The van der Waals surface area contributed by atoms with Gasteiger partial charge in [0, 0.05) is 49.4 Å². The second kappa shape index (κ2) is 7.39. The molecule has 2 saturated heterocycles. The summed E-state index contributed by atoms with van der Waals surface area (Å²) in [6, 6.07) is 2.93. The second-order valence-corrected chi connectivity index (χ2v) is 8.33. The molecular weight excluding hydrogens is 386 g/mol. The molecule has 2 aromatic heterocycles. The molecule has 1 spiro atoms. The summed E-state index contributed by atoms with van der Waals surface area (Å²) < 4.78 is 5.41. The van der Waals surface area contributed by atoms with E-state index in [1.165, 1.54) is 12.3 Å². The Morgan fingerprint density at radius 3 is 2.53 bits per heavy atom. The van der Waals surface area contributed by atoms with E-state index in [0.29, 0.717) is 37.8 Å². The van der Waals surface area contributed by atoms with Crippen LogP contribution >= 0.6 is 0 Å². The number of pyridine rings is 1. The Kier molecular flexibility index (Phi) is 4.69. The molecule has 2 aliphatic heterocycles. The molecule has 1 aliphatic carbocycles. The molecule has 0 radical (unpaired) electrons. The number of rotatable bonds is 2. The first-order chi connectivity index (χ1) is 14.6. The van der Waals surface area contributed by atoms with Gasteiger partial charge in [-0.15, -0.1) is 0 Å². The van der Waals surface area contributed by atoms with Gasteiger partial charge in [-0.3, -0.25) is 19.4 Å². The maximum absolute atomic E-state index is 12.8. The number of aromatic nitrogens is 3. The Labute approximate surface area is 173 Å². The zero-order chi connectivity index (χ0) is 20.7. The maximum Gasteiger partial charge on any atom is 0.255 e. The molecule has 2 fully saturated rings. The number of morpholine rings is 1. The largest absolute Gasteiger partial charge is 0.378 e. The summed E-state index contributed by atoms with van der Waals surface area (Å²) in [5, 5.41) is 0. The van der Waals surface area contributed by atoms with Gasteiger partial charge in [-0.1, -0.05) is 0 Å². The molecule has 1 amide bonds. The van der Waals surface area contributed by atoms with Crippen molar-refractivity contribution in [1.29, 1.82) is 0 Å². The first kappa shape index (κ1) is 19.0. The number of carbonyl (C=O) groups excluding carboxylic acids is 1. The van der Waals surface area contributed by atoms with Crippen LogP contribution in [0.1, 0.15) is 40.9 Å². The van der Waals surface area contributed by atoms with Crippen LogP contribution in [-0.2, 0) is 16.6 Å². The lowest BCUT2D eigenvalue weighted by molar-refractivity contribution is 0.0663. The Hall–Kier alpha value is -2.94. The van der Waals surface area contributed by atoms with Gasteiger partial charge in [0.05, 0.1) is 24.5 Å². The number of H-pyrrole nitrogens is 2. The number of fused-ring (bicyclic) bond motifs is 2. The van der Waals surface area contributed by atoms with Gasteiger partial charge in [0.2, 0.25) is 11.5 Å². The summed E-state index contributed by atoms with van der Waals surface area (Å²) in [5.41, 5.74) is 1.80. The van der Waals surface area contributed by atoms with Crippen LogP contribution in [0.5, 0.6) is 0 Å². The van der Waals surface area contributed by atoms with E-state index in [-0.39, 0.29) is 22.4 Å². The van der Waals surface area contributed by atoms with Crippen LogP contribution in [0, 0.1) is 0 Å². The Balaban J connectivity index is 1.37. The van der Waals surface area contributed by atoms with Gasteiger partial charge in [-0.05, 0) is 31.7 Å². The van der Waals surface area contributed by atoms with Crippen LogP contribution in [0.3, 0.4) is 0 Å². The van der Waals surface area contributed by atoms with Gasteiger partial charge in [0.1, 0.15) is 0 Å².